The van der Waals surface area contributed by atoms with Gasteiger partial charge in [0.05, 0.1) is 0 Å². The van der Waals surface area contributed by atoms with Crippen molar-refractivity contribution in [3.05, 3.63) is 138 Å². The summed E-state index contributed by atoms with van der Waals surface area (Å²) >= 11 is 0. The largest absolute Gasteiger partial charge is 0.489 e. The summed E-state index contributed by atoms with van der Waals surface area (Å²) in [6.07, 6.45) is 0. The van der Waals surface area contributed by atoms with Gasteiger partial charge in [0.2, 0.25) is 0 Å². The van der Waals surface area contributed by atoms with E-state index in [4.69, 9.17) is 9.47 Å². The van der Waals surface area contributed by atoms with Crippen molar-refractivity contribution in [1.29, 1.82) is 0 Å². The number of ether oxygens (including phenoxy) is 2. The first-order valence-electron chi connectivity index (χ1n) is 10.3. The third-order valence-electron chi connectivity index (χ3n) is 5.06. The molecule has 0 aromatic heterocycles. The summed E-state index contributed by atoms with van der Waals surface area (Å²) in [7, 11) is 0. The van der Waals surface area contributed by atoms with Crippen molar-refractivity contribution in [2.75, 3.05) is 0 Å². The zero-order valence-electron chi connectivity index (χ0n) is 17.2. The van der Waals surface area contributed by atoms with E-state index in [9.17, 15) is 4.79 Å². The fourth-order valence-electron chi connectivity index (χ4n) is 3.49. The van der Waals surface area contributed by atoms with Gasteiger partial charge in [-0.25, -0.2) is 0 Å². The first kappa shape index (κ1) is 20.4. The first-order chi connectivity index (χ1) is 15.3. The molecule has 0 bridgehead atoms. The highest BCUT2D eigenvalue weighted by Gasteiger charge is 2.27. The second kappa shape index (κ2) is 10.3. The molecule has 0 saturated heterocycles. The SMILES string of the molecule is O=C(OCc1ccccc1)C(c1ccccc1)c1ccccc1OCc1ccccc1. The molecule has 0 fully saturated rings. The Kier molecular flexibility index (Phi) is 6.76. The normalized spacial score (nSPS) is 11.5. The van der Waals surface area contributed by atoms with Gasteiger partial charge < -0.3 is 9.47 Å². The molecule has 3 nitrogen and oxygen atoms in total. The third kappa shape index (κ3) is 5.40. The van der Waals surface area contributed by atoms with Crippen molar-refractivity contribution in [3.8, 4) is 5.75 Å². The number of esters is 1. The molecule has 1 unspecified atom stereocenters. The molecule has 0 aliphatic heterocycles. The van der Waals surface area contributed by atoms with E-state index in [-0.39, 0.29) is 12.6 Å². The van der Waals surface area contributed by atoms with Crippen LogP contribution in [0, 0.1) is 0 Å². The van der Waals surface area contributed by atoms with Crippen molar-refractivity contribution in [3.63, 3.8) is 0 Å². The summed E-state index contributed by atoms with van der Waals surface area (Å²) in [6, 6.07) is 37.1. The van der Waals surface area contributed by atoms with Crippen LogP contribution in [0.1, 0.15) is 28.2 Å². The Morgan fingerprint density at radius 1 is 0.613 bits per heavy atom. The highest BCUT2D eigenvalue weighted by atomic mass is 16.5. The number of benzene rings is 4. The predicted octanol–water partition coefficient (Wildman–Crippen LogP) is 6.14. The minimum Gasteiger partial charge on any atom is -0.489 e. The van der Waals surface area contributed by atoms with E-state index >= 15 is 0 Å². The zero-order valence-corrected chi connectivity index (χ0v) is 17.2. The lowest BCUT2D eigenvalue weighted by Crippen LogP contribution is -2.18. The second-order valence-electron chi connectivity index (χ2n) is 7.25. The quantitative estimate of drug-likeness (QED) is 0.329. The van der Waals surface area contributed by atoms with Crippen molar-refractivity contribution < 1.29 is 14.3 Å². The Hall–Kier alpha value is -3.85. The molecule has 3 heteroatoms. The summed E-state index contributed by atoms with van der Waals surface area (Å²) in [6.45, 7) is 0.661. The first-order valence-corrected chi connectivity index (χ1v) is 10.3. The number of para-hydroxylation sites is 1. The molecule has 0 N–H and O–H groups in total. The molecular formula is C28H24O3. The maximum atomic E-state index is 13.3. The fraction of sp³-hybridized carbons (Fsp3) is 0.107. The Bertz CT molecular complexity index is 1090. The smallest absolute Gasteiger partial charge is 0.318 e. The lowest BCUT2D eigenvalue weighted by atomic mass is 9.90. The number of hydrogen-bond donors (Lipinski definition) is 0. The van der Waals surface area contributed by atoms with Crippen LogP contribution in [-0.4, -0.2) is 5.97 Å². The highest BCUT2D eigenvalue weighted by Crippen LogP contribution is 2.33. The highest BCUT2D eigenvalue weighted by molar-refractivity contribution is 5.83. The maximum Gasteiger partial charge on any atom is 0.318 e. The van der Waals surface area contributed by atoms with E-state index < -0.39 is 5.92 Å². The van der Waals surface area contributed by atoms with E-state index in [0.29, 0.717) is 12.4 Å². The number of hydrogen-bond acceptors (Lipinski definition) is 3. The molecule has 4 rings (SSSR count). The Balaban J connectivity index is 1.60. The van der Waals surface area contributed by atoms with E-state index in [2.05, 4.69) is 0 Å². The topological polar surface area (TPSA) is 35.5 Å². The van der Waals surface area contributed by atoms with Crippen molar-refractivity contribution in [2.45, 2.75) is 19.1 Å². The third-order valence-corrected chi connectivity index (χ3v) is 5.06. The van der Waals surface area contributed by atoms with Crippen LogP contribution < -0.4 is 4.74 Å². The molecule has 154 valence electrons. The van der Waals surface area contributed by atoms with E-state index in [1.54, 1.807) is 0 Å². The average Bonchev–Trinajstić information content (AvgIpc) is 2.84. The van der Waals surface area contributed by atoms with Gasteiger partial charge >= 0.3 is 5.97 Å². The van der Waals surface area contributed by atoms with Gasteiger partial charge in [-0.15, -0.1) is 0 Å². The number of rotatable bonds is 8. The van der Waals surface area contributed by atoms with Crippen LogP contribution in [0.25, 0.3) is 0 Å². The van der Waals surface area contributed by atoms with Crippen molar-refractivity contribution in [2.24, 2.45) is 0 Å². The molecule has 0 amide bonds. The van der Waals surface area contributed by atoms with Gasteiger partial charge in [0.25, 0.3) is 0 Å². The van der Waals surface area contributed by atoms with E-state index in [0.717, 1.165) is 22.3 Å². The zero-order chi connectivity index (χ0) is 21.3. The van der Waals surface area contributed by atoms with Gasteiger partial charge in [0.1, 0.15) is 24.9 Å². The summed E-state index contributed by atoms with van der Waals surface area (Å²) in [5.41, 5.74) is 3.69. The van der Waals surface area contributed by atoms with Gasteiger partial charge in [-0.3, -0.25) is 4.79 Å². The molecular weight excluding hydrogens is 384 g/mol. The van der Waals surface area contributed by atoms with Crippen molar-refractivity contribution in [1.82, 2.24) is 0 Å². The van der Waals surface area contributed by atoms with Crippen LogP contribution in [0.5, 0.6) is 5.75 Å². The molecule has 0 aliphatic rings. The molecule has 0 aliphatic carbocycles. The summed E-state index contributed by atoms with van der Waals surface area (Å²) in [5.74, 6) is -0.195. The van der Waals surface area contributed by atoms with E-state index in [1.807, 2.05) is 115 Å². The molecule has 31 heavy (non-hydrogen) atoms. The lowest BCUT2D eigenvalue weighted by molar-refractivity contribution is -0.145. The van der Waals surface area contributed by atoms with Gasteiger partial charge in [0.15, 0.2) is 0 Å². The summed E-state index contributed by atoms with van der Waals surface area (Å²) < 4.78 is 11.9. The van der Waals surface area contributed by atoms with Gasteiger partial charge in [-0.2, -0.15) is 0 Å². The monoisotopic (exact) mass is 408 g/mol. The molecule has 4 aromatic carbocycles. The van der Waals surface area contributed by atoms with Crippen LogP contribution in [0.4, 0.5) is 0 Å². The van der Waals surface area contributed by atoms with Gasteiger partial charge in [-0.1, -0.05) is 109 Å². The van der Waals surface area contributed by atoms with Crippen LogP contribution in [0.15, 0.2) is 115 Å². The molecule has 1 atom stereocenters. The van der Waals surface area contributed by atoms with Crippen LogP contribution >= 0.6 is 0 Å². The minimum atomic E-state index is -0.572. The minimum absolute atomic E-state index is 0.232. The predicted molar refractivity (Wildman–Crippen MR) is 122 cm³/mol. The molecule has 0 radical (unpaired) electrons. The standard InChI is InChI=1S/C28H24O3/c29-28(31-21-23-14-6-2-7-15-23)27(24-16-8-3-9-17-24)25-18-10-11-19-26(25)30-20-22-12-4-1-5-13-22/h1-19,27H,20-21H2. The number of carbonyl (C=O) groups is 1. The average molecular weight is 408 g/mol. The molecule has 0 saturated carbocycles. The summed E-state index contributed by atoms with van der Waals surface area (Å²) in [4.78, 5) is 13.3. The molecule has 0 heterocycles. The van der Waals surface area contributed by atoms with Crippen LogP contribution in [-0.2, 0) is 22.7 Å². The van der Waals surface area contributed by atoms with Crippen LogP contribution in [0.3, 0.4) is 0 Å². The van der Waals surface area contributed by atoms with Gasteiger partial charge in [-0.05, 0) is 22.8 Å². The van der Waals surface area contributed by atoms with Crippen LogP contribution in [0.2, 0.25) is 0 Å². The second-order valence-corrected chi connectivity index (χ2v) is 7.25. The Morgan fingerprint density at radius 3 is 1.77 bits per heavy atom. The lowest BCUT2D eigenvalue weighted by Gasteiger charge is -2.20. The van der Waals surface area contributed by atoms with E-state index in [1.165, 1.54) is 0 Å². The Labute approximate surface area is 182 Å². The maximum absolute atomic E-state index is 13.3. The van der Waals surface area contributed by atoms with Crippen molar-refractivity contribution >= 4 is 5.97 Å². The number of carbonyl (C=O) groups excluding carboxylic acids is 1. The summed E-state index contributed by atoms with van der Waals surface area (Å²) in [5, 5.41) is 0. The molecule has 4 aromatic rings. The fourth-order valence-corrected chi connectivity index (χ4v) is 3.49. The molecule has 0 spiro atoms. The van der Waals surface area contributed by atoms with Gasteiger partial charge in [0, 0.05) is 5.56 Å². The Morgan fingerprint density at radius 2 is 1.13 bits per heavy atom.